The number of para-hydroxylation sites is 1. The third-order valence-corrected chi connectivity index (χ3v) is 6.06. The van der Waals surface area contributed by atoms with Gasteiger partial charge in [-0.2, -0.15) is 5.10 Å². The molecule has 0 atom stereocenters. The van der Waals surface area contributed by atoms with E-state index in [-0.39, 0.29) is 5.91 Å². The van der Waals surface area contributed by atoms with Gasteiger partial charge in [-0.3, -0.25) is 9.89 Å². The average Bonchev–Trinajstić information content (AvgIpc) is 3.46. The van der Waals surface area contributed by atoms with Gasteiger partial charge in [0.2, 0.25) is 0 Å². The molecule has 2 aromatic heterocycles. The summed E-state index contributed by atoms with van der Waals surface area (Å²) in [5.74, 6) is 0.569. The van der Waals surface area contributed by atoms with Crippen LogP contribution in [0.1, 0.15) is 16.1 Å². The Labute approximate surface area is 183 Å². The summed E-state index contributed by atoms with van der Waals surface area (Å²) in [6, 6.07) is 15.5. The Morgan fingerprint density at radius 1 is 1.13 bits per heavy atom. The molecule has 0 aliphatic carbocycles. The number of hydrogen-bond acceptors (Lipinski definition) is 7. The summed E-state index contributed by atoms with van der Waals surface area (Å²) in [6.45, 7) is 3.21. The summed E-state index contributed by atoms with van der Waals surface area (Å²) < 4.78 is 11.3. The quantitative estimate of drug-likeness (QED) is 0.443. The SMILES string of the molecule is O=C(Nc1ccc(N2CCOCC2)cc1)c1oc2ccccc2c1CSc1ncn[nH]1. The zero-order valence-corrected chi connectivity index (χ0v) is 17.5. The molecule has 0 unspecified atom stereocenters. The Bertz CT molecular complexity index is 1170. The number of anilines is 2. The molecule has 0 saturated carbocycles. The number of hydrogen-bond donors (Lipinski definition) is 2. The third-order valence-electron chi connectivity index (χ3n) is 5.15. The van der Waals surface area contributed by atoms with E-state index in [4.69, 9.17) is 9.15 Å². The van der Waals surface area contributed by atoms with Crippen molar-refractivity contribution in [2.75, 3.05) is 36.5 Å². The van der Waals surface area contributed by atoms with Crippen molar-refractivity contribution in [3.8, 4) is 0 Å². The second-order valence-electron chi connectivity index (χ2n) is 7.09. The van der Waals surface area contributed by atoms with Crippen LogP contribution in [-0.4, -0.2) is 47.4 Å². The molecule has 158 valence electrons. The number of aromatic nitrogens is 3. The zero-order valence-electron chi connectivity index (χ0n) is 16.7. The normalized spacial score (nSPS) is 14.1. The van der Waals surface area contributed by atoms with Crippen LogP contribution in [-0.2, 0) is 10.5 Å². The molecule has 8 nitrogen and oxygen atoms in total. The number of H-pyrrole nitrogens is 1. The molecule has 0 radical (unpaired) electrons. The van der Waals surface area contributed by atoms with Crippen LogP contribution >= 0.6 is 11.8 Å². The van der Waals surface area contributed by atoms with Crippen LogP contribution in [0, 0.1) is 0 Å². The number of carbonyl (C=O) groups excluding carboxylic acids is 1. The van der Waals surface area contributed by atoms with Gasteiger partial charge in [-0.25, -0.2) is 4.98 Å². The maximum Gasteiger partial charge on any atom is 0.291 e. The molecule has 1 saturated heterocycles. The molecule has 0 bridgehead atoms. The summed E-state index contributed by atoms with van der Waals surface area (Å²) in [5.41, 5.74) is 3.36. The van der Waals surface area contributed by atoms with E-state index in [1.165, 1.54) is 18.1 Å². The van der Waals surface area contributed by atoms with Crippen molar-refractivity contribution < 1.29 is 13.9 Å². The number of thioether (sulfide) groups is 1. The summed E-state index contributed by atoms with van der Waals surface area (Å²) in [7, 11) is 0. The molecule has 1 amide bonds. The van der Waals surface area contributed by atoms with E-state index in [2.05, 4.69) is 25.4 Å². The summed E-state index contributed by atoms with van der Waals surface area (Å²) in [6.07, 6.45) is 1.46. The lowest BCUT2D eigenvalue weighted by Gasteiger charge is -2.28. The molecular weight excluding hydrogens is 414 g/mol. The second kappa shape index (κ2) is 8.83. The molecule has 31 heavy (non-hydrogen) atoms. The van der Waals surface area contributed by atoms with Crippen molar-refractivity contribution >= 4 is 40.0 Å². The van der Waals surface area contributed by atoms with Crippen LogP contribution < -0.4 is 10.2 Å². The first-order valence-corrected chi connectivity index (χ1v) is 11.0. The van der Waals surface area contributed by atoms with Crippen molar-refractivity contribution in [1.29, 1.82) is 0 Å². The number of nitrogens with zero attached hydrogens (tertiary/aromatic N) is 3. The lowest BCUT2D eigenvalue weighted by Crippen LogP contribution is -2.36. The first-order valence-electron chi connectivity index (χ1n) is 10.0. The number of furan rings is 1. The van der Waals surface area contributed by atoms with E-state index in [1.54, 1.807) is 0 Å². The second-order valence-corrected chi connectivity index (χ2v) is 8.05. The van der Waals surface area contributed by atoms with Gasteiger partial charge in [0, 0.05) is 41.2 Å². The Balaban J connectivity index is 1.35. The van der Waals surface area contributed by atoms with Gasteiger partial charge in [0.25, 0.3) is 5.91 Å². The molecule has 3 heterocycles. The van der Waals surface area contributed by atoms with E-state index in [1.807, 2.05) is 48.5 Å². The van der Waals surface area contributed by atoms with Crippen LogP contribution in [0.4, 0.5) is 11.4 Å². The van der Waals surface area contributed by atoms with Crippen molar-refractivity contribution in [3.05, 3.63) is 66.2 Å². The third kappa shape index (κ3) is 4.28. The maximum atomic E-state index is 13.1. The Morgan fingerprint density at radius 2 is 1.94 bits per heavy atom. The number of benzene rings is 2. The number of carbonyl (C=O) groups is 1. The van der Waals surface area contributed by atoms with Gasteiger partial charge >= 0.3 is 0 Å². The lowest BCUT2D eigenvalue weighted by atomic mass is 10.1. The molecule has 1 fully saturated rings. The molecule has 4 aromatic rings. The number of amides is 1. The molecule has 2 N–H and O–H groups in total. The topological polar surface area (TPSA) is 96.3 Å². The van der Waals surface area contributed by atoms with E-state index in [9.17, 15) is 4.79 Å². The summed E-state index contributed by atoms with van der Waals surface area (Å²) >= 11 is 1.47. The fourth-order valence-corrected chi connectivity index (χ4v) is 4.40. The number of fused-ring (bicyclic) bond motifs is 1. The van der Waals surface area contributed by atoms with Gasteiger partial charge in [-0.05, 0) is 30.3 Å². The highest BCUT2D eigenvalue weighted by atomic mass is 32.2. The summed E-state index contributed by atoms with van der Waals surface area (Å²) in [4.78, 5) is 19.5. The highest BCUT2D eigenvalue weighted by molar-refractivity contribution is 7.98. The monoisotopic (exact) mass is 435 g/mol. The van der Waals surface area contributed by atoms with Crippen LogP contribution in [0.25, 0.3) is 11.0 Å². The van der Waals surface area contributed by atoms with Crippen molar-refractivity contribution in [2.45, 2.75) is 10.9 Å². The number of ether oxygens (including phenoxy) is 1. The predicted molar refractivity (Wildman–Crippen MR) is 120 cm³/mol. The minimum Gasteiger partial charge on any atom is -0.451 e. The zero-order chi connectivity index (χ0) is 21.0. The predicted octanol–water partition coefficient (Wildman–Crippen LogP) is 3.93. The van der Waals surface area contributed by atoms with Gasteiger partial charge in [-0.15, -0.1) is 0 Å². The first-order chi connectivity index (χ1) is 15.3. The fourth-order valence-electron chi connectivity index (χ4n) is 3.59. The van der Waals surface area contributed by atoms with Crippen LogP contribution in [0.15, 0.2) is 64.4 Å². The van der Waals surface area contributed by atoms with E-state index in [0.29, 0.717) is 22.3 Å². The minimum absolute atomic E-state index is 0.275. The number of nitrogens with one attached hydrogen (secondary N) is 2. The van der Waals surface area contributed by atoms with Gasteiger partial charge < -0.3 is 19.4 Å². The highest BCUT2D eigenvalue weighted by Gasteiger charge is 2.21. The molecular formula is C22H21N5O3S. The summed E-state index contributed by atoms with van der Waals surface area (Å²) in [5, 5.41) is 11.3. The maximum absolute atomic E-state index is 13.1. The van der Waals surface area contributed by atoms with Gasteiger partial charge in [-0.1, -0.05) is 30.0 Å². The van der Waals surface area contributed by atoms with E-state index in [0.717, 1.165) is 48.6 Å². The number of morpholine rings is 1. The van der Waals surface area contributed by atoms with Gasteiger partial charge in [0.15, 0.2) is 10.9 Å². The first kappa shape index (κ1) is 19.7. The Morgan fingerprint density at radius 3 is 2.71 bits per heavy atom. The lowest BCUT2D eigenvalue weighted by molar-refractivity contribution is 0.0998. The molecule has 5 rings (SSSR count). The largest absolute Gasteiger partial charge is 0.451 e. The van der Waals surface area contributed by atoms with E-state index < -0.39 is 0 Å². The minimum atomic E-state index is -0.275. The number of aromatic amines is 1. The van der Waals surface area contributed by atoms with Crippen molar-refractivity contribution in [2.24, 2.45) is 0 Å². The van der Waals surface area contributed by atoms with Gasteiger partial charge in [0.05, 0.1) is 13.2 Å². The smallest absolute Gasteiger partial charge is 0.291 e. The molecule has 1 aliphatic rings. The van der Waals surface area contributed by atoms with Crippen molar-refractivity contribution in [3.63, 3.8) is 0 Å². The standard InChI is InChI=1S/C22H21N5O3S/c28-21(25-15-5-7-16(8-6-15)27-9-11-29-12-10-27)20-18(13-31-22-23-14-24-26-22)17-3-1-2-4-19(17)30-20/h1-8,14H,9-13H2,(H,25,28)(H,23,24,26). The van der Waals surface area contributed by atoms with Crippen LogP contribution in [0.5, 0.6) is 0 Å². The Hall–Kier alpha value is -3.30. The highest BCUT2D eigenvalue weighted by Crippen LogP contribution is 2.31. The number of rotatable bonds is 6. The average molecular weight is 436 g/mol. The van der Waals surface area contributed by atoms with Crippen LogP contribution in [0.2, 0.25) is 0 Å². The molecule has 9 heteroatoms. The molecule has 0 spiro atoms. The van der Waals surface area contributed by atoms with E-state index >= 15 is 0 Å². The molecule has 1 aliphatic heterocycles. The fraction of sp³-hybridized carbons (Fsp3) is 0.227. The van der Waals surface area contributed by atoms with Gasteiger partial charge in [0.1, 0.15) is 11.9 Å². The molecule has 2 aromatic carbocycles. The Kier molecular flexibility index (Phi) is 5.59. The van der Waals surface area contributed by atoms with Crippen LogP contribution in [0.3, 0.4) is 0 Å². The van der Waals surface area contributed by atoms with Crippen molar-refractivity contribution in [1.82, 2.24) is 15.2 Å².